The van der Waals surface area contributed by atoms with E-state index in [4.69, 9.17) is 5.73 Å². The molecule has 4 heteroatoms. The Balaban J connectivity index is 2.03. The number of carbonyl (C=O) groups excluding carboxylic acids is 1. The summed E-state index contributed by atoms with van der Waals surface area (Å²) in [5, 5.41) is 3.97. The first-order valence-electron chi connectivity index (χ1n) is 7.07. The Labute approximate surface area is 119 Å². The molecule has 1 amide bonds. The van der Waals surface area contributed by atoms with Gasteiger partial charge in [0.05, 0.1) is 5.52 Å². The molecule has 0 radical (unpaired) electrons. The van der Waals surface area contributed by atoms with Crippen LogP contribution in [0.25, 0.3) is 10.9 Å². The molecule has 4 nitrogen and oxygen atoms in total. The van der Waals surface area contributed by atoms with Crippen LogP contribution in [0.2, 0.25) is 0 Å². The van der Waals surface area contributed by atoms with Crippen molar-refractivity contribution in [3.63, 3.8) is 0 Å². The normalized spacial score (nSPS) is 12.3. The zero-order valence-electron chi connectivity index (χ0n) is 11.8. The van der Waals surface area contributed by atoms with Crippen molar-refractivity contribution in [2.45, 2.75) is 19.8 Å². The Kier molecular flexibility index (Phi) is 5.07. The van der Waals surface area contributed by atoms with Gasteiger partial charge in [-0.3, -0.25) is 9.78 Å². The highest BCUT2D eigenvalue weighted by atomic mass is 16.1. The number of carbonyl (C=O) groups is 1. The fraction of sp³-hybridized carbons (Fsp3) is 0.375. The van der Waals surface area contributed by atoms with Crippen LogP contribution in [0.5, 0.6) is 0 Å². The van der Waals surface area contributed by atoms with Crippen LogP contribution in [0.4, 0.5) is 0 Å². The third-order valence-electron chi connectivity index (χ3n) is 3.57. The molecule has 2 rings (SSSR count). The average molecular weight is 271 g/mol. The maximum Gasteiger partial charge on any atom is 0.251 e. The molecule has 0 bridgehead atoms. The van der Waals surface area contributed by atoms with E-state index in [1.54, 1.807) is 6.20 Å². The van der Waals surface area contributed by atoms with Crippen molar-refractivity contribution < 1.29 is 4.79 Å². The van der Waals surface area contributed by atoms with E-state index in [0.29, 0.717) is 24.6 Å². The third kappa shape index (κ3) is 3.54. The number of hydrogen-bond donors (Lipinski definition) is 2. The molecule has 1 aromatic carbocycles. The van der Waals surface area contributed by atoms with Gasteiger partial charge in [0.25, 0.3) is 5.91 Å². The van der Waals surface area contributed by atoms with Gasteiger partial charge >= 0.3 is 0 Å². The fourth-order valence-electron chi connectivity index (χ4n) is 2.24. The van der Waals surface area contributed by atoms with Crippen molar-refractivity contribution in [1.82, 2.24) is 10.3 Å². The number of nitrogens with one attached hydrogen (secondary N) is 1. The number of nitrogens with two attached hydrogens (primary N) is 1. The number of amides is 1. The summed E-state index contributed by atoms with van der Waals surface area (Å²) in [6.07, 6.45) is 3.72. The molecule has 1 aromatic heterocycles. The van der Waals surface area contributed by atoms with E-state index >= 15 is 0 Å². The molecule has 0 fully saturated rings. The number of rotatable bonds is 6. The van der Waals surface area contributed by atoms with Crippen molar-refractivity contribution in [2.24, 2.45) is 11.7 Å². The second-order valence-corrected chi connectivity index (χ2v) is 4.97. The molecule has 3 N–H and O–H groups in total. The maximum absolute atomic E-state index is 12.2. The summed E-state index contributed by atoms with van der Waals surface area (Å²) < 4.78 is 0. The summed E-state index contributed by atoms with van der Waals surface area (Å²) in [7, 11) is 0. The SMILES string of the molecule is CCC(CCN)CNC(=O)c1ccc2ncccc2c1. The van der Waals surface area contributed by atoms with Gasteiger partial charge in [-0.05, 0) is 43.1 Å². The number of hydrogen-bond acceptors (Lipinski definition) is 3. The Morgan fingerprint density at radius 1 is 1.40 bits per heavy atom. The number of fused-ring (bicyclic) bond motifs is 1. The highest BCUT2D eigenvalue weighted by Gasteiger charge is 2.10. The highest BCUT2D eigenvalue weighted by Crippen LogP contribution is 2.13. The van der Waals surface area contributed by atoms with Crippen LogP contribution in [-0.4, -0.2) is 24.0 Å². The molecule has 0 saturated carbocycles. The monoisotopic (exact) mass is 271 g/mol. The summed E-state index contributed by atoms with van der Waals surface area (Å²) in [5.41, 5.74) is 7.14. The van der Waals surface area contributed by atoms with Gasteiger partial charge in [-0.2, -0.15) is 0 Å². The van der Waals surface area contributed by atoms with Crippen molar-refractivity contribution in [3.05, 3.63) is 42.1 Å². The van der Waals surface area contributed by atoms with E-state index in [2.05, 4.69) is 17.2 Å². The Hall–Kier alpha value is -1.94. The average Bonchev–Trinajstić information content (AvgIpc) is 2.50. The predicted octanol–water partition coefficient (Wildman–Crippen LogP) is 2.34. The summed E-state index contributed by atoms with van der Waals surface area (Å²) in [6, 6.07) is 9.40. The largest absolute Gasteiger partial charge is 0.352 e. The molecule has 0 aliphatic carbocycles. The van der Waals surface area contributed by atoms with Crippen molar-refractivity contribution in [2.75, 3.05) is 13.1 Å². The van der Waals surface area contributed by atoms with E-state index in [0.717, 1.165) is 23.7 Å². The first-order chi connectivity index (χ1) is 9.74. The molecule has 1 heterocycles. The van der Waals surface area contributed by atoms with E-state index < -0.39 is 0 Å². The summed E-state index contributed by atoms with van der Waals surface area (Å²) in [5.74, 6) is 0.414. The smallest absolute Gasteiger partial charge is 0.251 e. The first-order valence-corrected chi connectivity index (χ1v) is 7.07. The lowest BCUT2D eigenvalue weighted by Gasteiger charge is -2.14. The van der Waals surface area contributed by atoms with Gasteiger partial charge in [-0.15, -0.1) is 0 Å². The zero-order chi connectivity index (χ0) is 14.4. The molecule has 20 heavy (non-hydrogen) atoms. The molecule has 0 spiro atoms. The minimum Gasteiger partial charge on any atom is -0.352 e. The number of nitrogens with zero attached hydrogens (tertiary/aromatic N) is 1. The van der Waals surface area contributed by atoms with Crippen molar-refractivity contribution >= 4 is 16.8 Å². The minimum absolute atomic E-state index is 0.0359. The molecule has 106 valence electrons. The lowest BCUT2D eigenvalue weighted by Crippen LogP contribution is -2.30. The number of benzene rings is 1. The summed E-state index contributed by atoms with van der Waals surface area (Å²) in [4.78, 5) is 16.4. The number of pyridine rings is 1. The lowest BCUT2D eigenvalue weighted by molar-refractivity contribution is 0.0946. The van der Waals surface area contributed by atoms with Crippen LogP contribution in [0.3, 0.4) is 0 Å². The van der Waals surface area contributed by atoms with E-state index in [-0.39, 0.29) is 5.91 Å². The van der Waals surface area contributed by atoms with Crippen LogP contribution < -0.4 is 11.1 Å². The molecule has 2 aromatic rings. The molecular formula is C16H21N3O. The maximum atomic E-state index is 12.2. The minimum atomic E-state index is -0.0359. The summed E-state index contributed by atoms with van der Waals surface area (Å²) in [6.45, 7) is 3.46. The van der Waals surface area contributed by atoms with Gasteiger partial charge in [-0.25, -0.2) is 0 Å². The standard InChI is InChI=1S/C16H21N3O/c1-2-12(7-8-17)11-19-16(20)14-5-6-15-13(10-14)4-3-9-18-15/h3-6,9-10,12H,2,7-8,11,17H2,1H3,(H,19,20). The predicted molar refractivity (Wildman–Crippen MR) is 81.5 cm³/mol. The van der Waals surface area contributed by atoms with Crippen LogP contribution >= 0.6 is 0 Å². The zero-order valence-corrected chi connectivity index (χ0v) is 11.8. The molecule has 1 atom stereocenters. The third-order valence-corrected chi connectivity index (χ3v) is 3.57. The second-order valence-electron chi connectivity index (χ2n) is 4.97. The van der Waals surface area contributed by atoms with E-state index in [9.17, 15) is 4.79 Å². The molecule has 0 aliphatic rings. The Morgan fingerprint density at radius 3 is 3.00 bits per heavy atom. The first kappa shape index (κ1) is 14.5. The van der Waals surface area contributed by atoms with Gasteiger partial charge < -0.3 is 11.1 Å². The highest BCUT2D eigenvalue weighted by molar-refractivity contribution is 5.97. The van der Waals surface area contributed by atoms with Crippen molar-refractivity contribution in [1.29, 1.82) is 0 Å². The molecular weight excluding hydrogens is 250 g/mol. The van der Waals surface area contributed by atoms with Crippen LogP contribution in [0.15, 0.2) is 36.5 Å². The molecule has 1 unspecified atom stereocenters. The Morgan fingerprint density at radius 2 is 2.25 bits per heavy atom. The van der Waals surface area contributed by atoms with E-state index in [1.165, 1.54) is 0 Å². The van der Waals surface area contributed by atoms with Crippen LogP contribution in [0, 0.1) is 5.92 Å². The van der Waals surface area contributed by atoms with E-state index in [1.807, 2.05) is 30.3 Å². The van der Waals surface area contributed by atoms with Gasteiger partial charge in [0.2, 0.25) is 0 Å². The van der Waals surface area contributed by atoms with Gasteiger partial charge in [0.15, 0.2) is 0 Å². The second kappa shape index (κ2) is 7.01. The Bertz CT molecular complexity index is 583. The lowest BCUT2D eigenvalue weighted by atomic mass is 10.0. The fourth-order valence-corrected chi connectivity index (χ4v) is 2.24. The number of aromatic nitrogens is 1. The summed E-state index contributed by atoms with van der Waals surface area (Å²) >= 11 is 0. The van der Waals surface area contributed by atoms with Gasteiger partial charge in [0, 0.05) is 23.7 Å². The quantitative estimate of drug-likeness (QED) is 0.847. The van der Waals surface area contributed by atoms with Gasteiger partial charge in [0.1, 0.15) is 0 Å². The molecule has 0 aliphatic heterocycles. The topological polar surface area (TPSA) is 68.0 Å². The van der Waals surface area contributed by atoms with Gasteiger partial charge in [-0.1, -0.05) is 19.4 Å². The molecule has 0 saturated heterocycles. The van der Waals surface area contributed by atoms with Crippen LogP contribution in [0.1, 0.15) is 30.1 Å². The van der Waals surface area contributed by atoms with Crippen LogP contribution in [-0.2, 0) is 0 Å². The van der Waals surface area contributed by atoms with Crippen molar-refractivity contribution in [3.8, 4) is 0 Å².